The van der Waals surface area contributed by atoms with E-state index in [1.807, 2.05) is 69.7 Å². The van der Waals surface area contributed by atoms with Crippen molar-refractivity contribution in [1.82, 2.24) is 0 Å². The van der Waals surface area contributed by atoms with Gasteiger partial charge in [-0.05, 0) is 79.7 Å². The molecule has 170 valence electrons. The van der Waals surface area contributed by atoms with Crippen LogP contribution in [0.15, 0.2) is 84.5 Å². The summed E-state index contributed by atoms with van der Waals surface area (Å²) in [6.45, 7) is 0. The quantitative estimate of drug-likeness (QED) is 0.319. The van der Waals surface area contributed by atoms with Crippen molar-refractivity contribution in [3.63, 3.8) is 0 Å². The molecule has 0 atom stereocenters. The Hall–Kier alpha value is 0.120. The molecule has 0 aliphatic carbocycles. The summed E-state index contributed by atoms with van der Waals surface area (Å²) < 4.78 is 5.41. The van der Waals surface area contributed by atoms with Crippen LogP contribution in [-0.2, 0) is 0 Å². The van der Waals surface area contributed by atoms with Gasteiger partial charge in [-0.25, -0.2) is 0 Å². The minimum Gasteiger partial charge on any atom is -0.136 e. The van der Waals surface area contributed by atoms with E-state index in [0.717, 1.165) is 0 Å². The highest BCUT2D eigenvalue weighted by molar-refractivity contribution is 8.29. The molecule has 4 aliphatic rings. The zero-order valence-electron chi connectivity index (χ0n) is 17.2. The fraction of sp³-hybridized carbons (Fsp3) is 0. The lowest BCUT2D eigenvalue weighted by molar-refractivity contribution is 1.81. The molecule has 34 heavy (non-hydrogen) atoms. The van der Waals surface area contributed by atoms with Gasteiger partial charge in [0, 0.05) is 30.7 Å². The van der Waals surface area contributed by atoms with E-state index in [1.165, 1.54) is 47.6 Å². The van der Waals surface area contributed by atoms with Crippen LogP contribution in [0.2, 0.25) is 0 Å². The summed E-state index contributed by atoms with van der Waals surface area (Å²) >= 11 is 18.4. The van der Waals surface area contributed by atoms with Gasteiger partial charge < -0.3 is 0 Å². The maximum atomic E-state index is 2.31. The van der Waals surface area contributed by atoms with Gasteiger partial charge in [0.25, 0.3) is 0 Å². The third kappa shape index (κ3) is 5.66. The van der Waals surface area contributed by atoms with Gasteiger partial charge >= 0.3 is 0 Å². The van der Waals surface area contributed by atoms with Crippen LogP contribution in [0.4, 0.5) is 0 Å². The van der Waals surface area contributed by atoms with Crippen molar-refractivity contribution >= 4 is 140 Å². The first kappa shape index (κ1) is 24.5. The summed E-state index contributed by atoms with van der Waals surface area (Å²) in [7, 11) is 0. The highest BCUT2D eigenvalue weighted by Crippen LogP contribution is 2.55. The van der Waals surface area contributed by atoms with Crippen molar-refractivity contribution in [2.75, 3.05) is 0 Å². The van der Waals surface area contributed by atoms with Gasteiger partial charge in [-0.2, -0.15) is 0 Å². The molecule has 6 heterocycles. The van der Waals surface area contributed by atoms with E-state index in [9.17, 15) is 0 Å². The lowest BCUT2D eigenvalue weighted by atomic mass is 10.1. The van der Waals surface area contributed by atoms with Gasteiger partial charge in [0.15, 0.2) is 0 Å². The summed E-state index contributed by atoms with van der Waals surface area (Å²) in [4.78, 5) is 5.28. The average Bonchev–Trinajstić information content (AvgIpc) is 3.67. The van der Waals surface area contributed by atoms with Crippen molar-refractivity contribution < 1.29 is 0 Å². The minimum atomic E-state index is 1.31. The summed E-state index contributed by atoms with van der Waals surface area (Å²) in [6.07, 6.45) is 4.62. The molecule has 0 amide bonds. The van der Waals surface area contributed by atoms with Crippen LogP contribution in [0.25, 0.3) is 23.3 Å². The molecular formula is C24H14S10. The summed E-state index contributed by atoms with van der Waals surface area (Å²) in [5.41, 5.74) is 2.73. The number of thioether (sulfide) groups is 8. The molecule has 0 aromatic carbocycles. The lowest BCUT2D eigenvalue weighted by Crippen LogP contribution is -1.90. The minimum absolute atomic E-state index is 1.31. The van der Waals surface area contributed by atoms with Crippen molar-refractivity contribution in [3.8, 4) is 0 Å². The van der Waals surface area contributed by atoms with E-state index in [1.54, 1.807) is 47.0 Å². The second-order valence-corrected chi connectivity index (χ2v) is 17.4. The normalized spacial score (nSPS) is 18.7. The Kier molecular flexibility index (Phi) is 8.39. The second-order valence-electron chi connectivity index (χ2n) is 6.69. The first-order chi connectivity index (χ1) is 16.8. The molecular weight excluding hydrogens is 609 g/mol. The van der Waals surface area contributed by atoms with E-state index < -0.39 is 0 Å². The number of thiophene rings is 2. The van der Waals surface area contributed by atoms with Gasteiger partial charge in [-0.3, -0.25) is 0 Å². The van der Waals surface area contributed by atoms with Gasteiger partial charge in [0.05, 0.1) is 16.9 Å². The summed E-state index contributed by atoms with van der Waals surface area (Å²) in [6, 6.07) is 9.16. The van der Waals surface area contributed by atoms with E-state index in [-0.39, 0.29) is 0 Å². The molecule has 0 saturated heterocycles. The second kappa shape index (κ2) is 11.7. The van der Waals surface area contributed by atoms with E-state index >= 15 is 0 Å². The van der Waals surface area contributed by atoms with Gasteiger partial charge in [-0.1, -0.05) is 94.1 Å². The van der Waals surface area contributed by atoms with Crippen molar-refractivity contribution in [3.05, 3.63) is 104 Å². The maximum Gasteiger partial charge on any atom is 0.0580 e. The molecule has 0 bridgehead atoms. The molecule has 2 aromatic rings. The van der Waals surface area contributed by atoms with E-state index in [2.05, 4.69) is 79.7 Å². The average molecular weight is 623 g/mol. The molecule has 2 aromatic heterocycles. The van der Waals surface area contributed by atoms with Crippen LogP contribution < -0.4 is 0 Å². The van der Waals surface area contributed by atoms with Gasteiger partial charge in [-0.15, -0.1) is 22.7 Å². The molecule has 0 spiro atoms. The van der Waals surface area contributed by atoms with E-state index in [0.29, 0.717) is 0 Å². The Balaban J connectivity index is 1.42. The highest BCUT2D eigenvalue weighted by atomic mass is 32.2. The topological polar surface area (TPSA) is 0 Å². The van der Waals surface area contributed by atoms with Crippen LogP contribution in [-0.4, -0.2) is 0 Å². The molecule has 0 fully saturated rings. The fourth-order valence-electron chi connectivity index (χ4n) is 3.23. The van der Waals surface area contributed by atoms with Crippen LogP contribution in [0.3, 0.4) is 0 Å². The van der Waals surface area contributed by atoms with Gasteiger partial charge in [0.2, 0.25) is 0 Å². The standard InChI is InChI=1S/C24H14S10/c1-3-17(33-15(1)13-19-25-5-6-26-19)21(23-29-9-10-30-23)22(24-31-11-12-32-24)18-4-2-16(34-18)14-20-27-7-8-28-20/h1-14H. The van der Waals surface area contributed by atoms with Crippen molar-refractivity contribution in [2.24, 2.45) is 0 Å². The predicted molar refractivity (Wildman–Crippen MR) is 176 cm³/mol. The van der Waals surface area contributed by atoms with Crippen LogP contribution in [0, 0.1) is 0 Å². The van der Waals surface area contributed by atoms with Crippen LogP contribution in [0.1, 0.15) is 19.5 Å². The fourth-order valence-corrected chi connectivity index (χ4v) is 12.9. The highest BCUT2D eigenvalue weighted by Gasteiger charge is 2.25. The molecule has 0 nitrogen and oxygen atoms in total. The molecule has 0 saturated carbocycles. The Morgan fingerprint density at radius 1 is 0.441 bits per heavy atom. The number of hydrogen-bond acceptors (Lipinski definition) is 10. The predicted octanol–water partition coefficient (Wildman–Crippen LogP) is 12.2. The smallest absolute Gasteiger partial charge is 0.0580 e. The monoisotopic (exact) mass is 622 g/mol. The Labute approximate surface area is 241 Å². The molecule has 0 N–H and O–H groups in total. The summed E-state index contributed by atoms with van der Waals surface area (Å²) in [5, 5.41) is 17.4. The SMILES string of the molecule is C1=CSC(=Cc2ccc(C(=C3SC=CS3)C(=C3SC=CS3)c3ccc(C=C4SC=CS4)s3)s2)S1. The largest absolute Gasteiger partial charge is 0.136 e. The first-order valence-corrected chi connectivity index (χ1v) is 18.6. The van der Waals surface area contributed by atoms with Crippen molar-refractivity contribution in [1.29, 1.82) is 0 Å². The zero-order chi connectivity index (χ0) is 22.7. The molecule has 0 radical (unpaired) electrons. The lowest BCUT2D eigenvalue weighted by Gasteiger charge is -2.15. The number of rotatable bonds is 5. The molecule has 0 unspecified atom stereocenters. The number of hydrogen-bond donors (Lipinski definition) is 0. The van der Waals surface area contributed by atoms with E-state index in [4.69, 9.17) is 0 Å². The van der Waals surface area contributed by atoms with Crippen molar-refractivity contribution in [2.45, 2.75) is 0 Å². The van der Waals surface area contributed by atoms with Crippen LogP contribution in [0.5, 0.6) is 0 Å². The molecule has 4 aliphatic heterocycles. The van der Waals surface area contributed by atoms with Gasteiger partial charge in [0.1, 0.15) is 0 Å². The third-order valence-corrected chi connectivity index (χ3v) is 14.9. The third-order valence-electron chi connectivity index (χ3n) is 4.58. The van der Waals surface area contributed by atoms with Crippen LogP contribution >= 0.6 is 117 Å². The Morgan fingerprint density at radius 3 is 1.18 bits per heavy atom. The number of allylic oxidation sites excluding steroid dienone is 2. The Bertz CT molecular complexity index is 1210. The Morgan fingerprint density at radius 2 is 0.794 bits per heavy atom. The maximum absolute atomic E-state index is 2.31. The first-order valence-electron chi connectivity index (χ1n) is 9.89. The summed E-state index contributed by atoms with van der Waals surface area (Å²) in [5.74, 6) is 0. The zero-order valence-corrected chi connectivity index (χ0v) is 25.3. The molecule has 6 rings (SSSR count). The molecule has 10 heteroatoms.